The summed E-state index contributed by atoms with van der Waals surface area (Å²) in [6, 6.07) is 8.30. The molecule has 0 aliphatic heterocycles. The van der Waals surface area contributed by atoms with Crippen molar-refractivity contribution in [2.45, 2.75) is 51.1 Å². The van der Waals surface area contributed by atoms with Gasteiger partial charge in [-0.3, -0.25) is 9.38 Å². The fourth-order valence-electron chi connectivity index (χ4n) is 4.44. The molecule has 4 aromatic rings. The van der Waals surface area contributed by atoms with E-state index >= 15 is 0 Å². The Kier molecular flexibility index (Phi) is 5.68. The molecule has 4 aromatic heterocycles. The minimum Gasteiger partial charge on any atom is -0.353 e. The van der Waals surface area contributed by atoms with Crippen LogP contribution in [0.25, 0.3) is 17.0 Å². The Morgan fingerprint density at radius 2 is 1.88 bits per heavy atom. The van der Waals surface area contributed by atoms with Gasteiger partial charge in [-0.2, -0.15) is 0 Å². The molecule has 0 amide bonds. The van der Waals surface area contributed by atoms with Crippen molar-refractivity contribution in [1.82, 2.24) is 29.7 Å². The van der Waals surface area contributed by atoms with Crippen molar-refractivity contribution in [1.29, 1.82) is 0 Å². The Hall–Kier alpha value is -3.52. The molecule has 0 aromatic carbocycles. The van der Waals surface area contributed by atoms with E-state index in [1.165, 1.54) is 0 Å². The predicted octanol–water partition coefficient (Wildman–Crippen LogP) is 4.57. The SMILES string of the molecule is CNC1(C)CCC(Nc2ncc(C)c(-c3cnc4ccc(Nc5cccnc5)cn34)n2)CC1. The van der Waals surface area contributed by atoms with Crippen molar-refractivity contribution in [3.63, 3.8) is 0 Å². The number of hydrogen-bond donors (Lipinski definition) is 3. The Bertz CT molecular complexity index is 1240. The lowest BCUT2D eigenvalue weighted by molar-refractivity contribution is 0.259. The Morgan fingerprint density at radius 1 is 1.03 bits per heavy atom. The van der Waals surface area contributed by atoms with Gasteiger partial charge >= 0.3 is 0 Å². The third-order valence-corrected chi connectivity index (χ3v) is 6.70. The standard InChI is InChI=1S/C25H30N8/c1-17-13-29-24(31-18-8-10-25(2,26-3)11-9-18)32-23(17)21-15-28-22-7-6-20(16-33(21)22)30-19-5-4-12-27-14-19/h4-7,12-16,18,26,30H,8-11H2,1-3H3,(H,29,31,32). The van der Waals surface area contributed by atoms with E-state index in [9.17, 15) is 0 Å². The minimum atomic E-state index is 0.232. The van der Waals surface area contributed by atoms with Gasteiger partial charge in [-0.1, -0.05) is 0 Å². The van der Waals surface area contributed by atoms with Gasteiger partial charge in [0.1, 0.15) is 5.65 Å². The van der Waals surface area contributed by atoms with Gasteiger partial charge in [0.25, 0.3) is 0 Å². The van der Waals surface area contributed by atoms with Crippen LogP contribution in [-0.4, -0.2) is 43.0 Å². The van der Waals surface area contributed by atoms with E-state index < -0.39 is 0 Å². The van der Waals surface area contributed by atoms with Crippen LogP contribution in [0.15, 0.2) is 55.2 Å². The topological polar surface area (TPSA) is 92.1 Å². The lowest BCUT2D eigenvalue weighted by atomic mass is 9.81. The molecule has 0 bridgehead atoms. The summed E-state index contributed by atoms with van der Waals surface area (Å²) in [5, 5.41) is 10.4. The highest BCUT2D eigenvalue weighted by Crippen LogP contribution is 2.30. The van der Waals surface area contributed by atoms with Crippen molar-refractivity contribution >= 4 is 23.0 Å². The summed E-state index contributed by atoms with van der Waals surface area (Å²) in [5.74, 6) is 0.674. The molecule has 8 heteroatoms. The number of rotatable bonds is 6. The molecule has 1 aliphatic rings. The van der Waals surface area contributed by atoms with Gasteiger partial charge in [0.15, 0.2) is 0 Å². The molecule has 8 nitrogen and oxygen atoms in total. The minimum absolute atomic E-state index is 0.232. The van der Waals surface area contributed by atoms with Gasteiger partial charge in [0, 0.05) is 30.2 Å². The molecule has 0 radical (unpaired) electrons. The highest BCUT2D eigenvalue weighted by Gasteiger charge is 2.29. The predicted molar refractivity (Wildman–Crippen MR) is 132 cm³/mol. The van der Waals surface area contributed by atoms with Gasteiger partial charge in [-0.25, -0.2) is 15.0 Å². The summed E-state index contributed by atoms with van der Waals surface area (Å²) >= 11 is 0. The summed E-state index contributed by atoms with van der Waals surface area (Å²) in [7, 11) is 2.05. The van der Waals surface area contributed by atoms with E-state index in [0.717, 1.165) is 59.7 Å². The summed E-state index contributed by atoms with van der Waals surface area (Å²) in [6.07, 6.45) is 13.8. The molecule has 4 heterocycles. The molecule has 1 aliphatic carbocycles. The molecule has 5 rings (SSSR count). The van der Waals surface area contributed by atoms with E-state index in [-0.39, 0.29) is 5.54 Å². The zero-order valence-electron chi connectivity index (χ0n) is 19.3. The van der Waals surface area contributed by atoms with Crippen LogP contribution < -0.4 is 16.0 Å². The molecule has 0 unspecified atom stereocenters. The second-order valence-corrected chi connectivity index (χ2v) is 9.11. The van der Waals surface area contributed by atoms with E-state index in [1.54, 1.807) is 12.4 Å². The number of pyridine rings is 2. The fraction of sp³-hybridized carbons (Fsp3) is 0.360. The molecule has 170 valence electrons. The van der Waals surface area contributed by atoms with Gasteiger partial charge in [-0.15, -0.1) is 0 Å². The van der Waals surface area contributed by atoms with Crippen molar-refractivity contribution in [3.8, 4) is 11.4 Å². The normalized spacial score (nSPS) is 20.6. The van der Waals surface area contributed by atoms with Crippen molar-refractivity contribution in [2.75, 3.05) is 17.7 Å². The van der Waals surface area contributed by atoms with Crippen molar-refractivity contribution < 1.29 is 0 Å². The third-order valence-electron chi connectivity index (χ3n) is 6.70. The van der Waals surface area contributed by atoms with Crippen LogP contribution in [-0.2, 0) is 0 Å². The molecule has 33 heavy (non-hydrogen) atoms. The first kappa shape index (κ1) is 21.3. The zero-order chi connectivity index (χ0) is 22.8. The maximum absolute atomic E-state index is 4.90. The smallest absolute Gasteiger partial charge is 0.223 e. The third kappa shape index (κ3) is 4.52. The maximum atomic E-state index is 4.90. The van der Waals surface area contributed by atoms with E-state index in [0.29, 0.717) is 12.0 Å². The summed E-state index contributed by atoms with van der Waals surface area (Å²) in [5.41, 5.74) is 5.82. The number of nitrogens with one attached hydrogen (secondary N) is 3. The second-order valence-electron chi connectivity index (χ2n) is 9.11. The molecule has 0 atom stereocenters. The Morgan fingerprint density at radius 3 is 2.64 bits per heavy atom. The number of fused-ring (bicyclic) bond motifs is 1. The molecular formula is C25H30N8. The van der Waals surface area contributed by atoms with Crippen LogP contribution in [0.4, 0.5) is 17.3 Å². The van der Waals surface area contributed by atoms with Crippen LogP contribution in [0.3, 0.4) is 0 Å². The summed E-state index contributed by atoms with van der Waals surface area (Å²) in [4.78, 5) is 18.2. The van der Waals surface area contributed by atoms with Gasteiger partial charge in [0.05, 0.1) is 35.2 Å². The van der Waals surface area contributed by atoms with Crippen molar-refractivity contribution in [3.05, 3.63) is 60.8 Å². The summed E-state index contributed by atoms with van der Waals surface area (Å²) < 4.78 is 2.07. The highest BCUT2D eigenvalue weighted by atomic mass is 15.1. The molecule has 3 N–H and O–H groups in total. The summed E-state index contributed by atoms with van der Waals surface area (Å²) in [6.45, 7) is 4.33. The van der Waals surface area contributed by atoms with Gasteiger partial charge in [-0.05, 0) is 76.4 Å². The molecular weight excluding hydrogens is 412 g/mol. The number of hydrogen-bond acceptors (Lipinski definition) is 7. The number of anilines is 3. The lowest BCUT2D eigenvalue weighted by Gasteiger charge is -2.37. The van der Waals surface area contributed by atoms with Crippen molar-refractivity contribution in [2.24, 2.45) is 0 Å². The Balaban J connectivity index is 1.40. The number of imidazole rings is 1. The maximum Gasteiger partial charge on any atom is 0.223 e. The lowest BCUT2D eigenvalue weighted by Crippen LogP contribution is -2.45. The second kappa shape index (κ2) is 8.78. The van der Waals surface area contributed by atoms with E-state index in [1.807, 2.05) is 49.8 Å². The number of aryl methyl sites for hydroxylation is 1. The van der Waals surface area contributed by atoms with Crippen LogP contribution >= 0.6 is 0 Å². The first-order valence-electron chi connectivity index (χ1n) is 11.5. The highest BCUT2D eigenvalue weighted by molar-refractivity contribution is 5.67. The van der Waals surface area contributed by atoms with E-state index in [2.05, 4.69) is 49.3 Å². The average molecular weight is 443 g/mol. The van der Waals surface area contributed by atoms with Gasteiger partial charge < -0.3 is 16.0 Å². The molecule has 1 fully saturated rings. The van der Waals surface area contributed by atoms with E-state index in [4.69, 9.17) is 4.98 Å². The zero-order valence-corrected chi connectivity index (χ0v) is 19.3. The Labute approximate surface area is 193 Å². The average Bonchev–Trinajstić information content (AvgIpc) is 3.26. The number of aromatic nitrogens is 5. The van der Waals surface area contributed by atoms with Crippen LogP contribution in [0.5, 0.6) is 0 Å². The fourth-order valence-corrected chi connectivity index (χ4v) is 4.44. The first-order valence-corrected chi connectivity index (χ1v) is 11.5. The first-order chi connectivity index (χ1) is 16.0. The quantitative estimate of drug-likeness (QED) is 0.403. The largest absolute Gasteiger partial charge is 0.353 e. The molecule has 1 saturated carbocycles. The molecule has 0 saturated heterocycles. The van der Waals surface area contributed by atoms with Crippen LogP contribution in [0, 0.1) is 6.92 Å². The van der Waals surface area contributed by atoms with Gasteiger partial charge in [0.2, 0.25) is 5.95 Å². The van der Waals surface area contributed by atoms with Crippen LogP contribution in [0.2, 0.25) is 0 Å². The molecule has 0 spiro atoms. The number of nitrogens with zero attached hydrogens (tertiary/aromatic N) is 5. The monoisotopic (exact) mass is 442 g/mol. The van der Waals surface area contributed by atoms with Crippen LogP contribution in [0.1, 0.15) is 38.2 Å².